The second kappa shape index (κ2) is 10.8. The Morgan fingerprint density at radius 2 is 1.89 bits per heavy atom. The molecule has 0 aliphatic rings. The predicted molar refractivity (Wildman–Crippen MR) is 83.0 cm³/mol. The van der Waals surface area contributed by atoms with Gasteiger partial charge in [0.15, 0.2) is 0 Å². The molecule has 0 saturated carbocycles. The quantitative estimate of drug-likeness (QED) is 0.378. The van der Waals surface area contributed by atoms with Crippen molar-refractivity contribution in [2.75, 3.05) is 6.54 Å². The third-order valence-electron chi connectivity index (χ3n) is 2.72. The summed E-state index contributed by atoms with van der Waals surface area (Å²) < 4.78 is 0. The lowest BCUT2D eigenvalue weighted by atomic mass is 10.1. The molecule has 0 aliphatic heterocycles. The van der Waals surface area contributed by atoms with E-state index in [-0.39, 0.29) is 0 Å². The molecule has 0 fully saturated rings. The molecule has 0 spiro atoms. The molecule has 2 heteroatoms. The summed E-state index contributed by atoms with van der Waals surface area (Å²) in [7, 11) is 0. The normalized spacial score (nSPS) is 14.4. The Labute approximate surface area is 113 Å². The summed E-state index contributed by atoms with van der Waals surface area (Å²) in [5, 5.41) is 3.34. The fourth-order valence-electron chi connectivity index (χ4n) is 1.48. The largest absolute Gasteiger partial charge is 0.370 e. The van der Waals surface area contributed by atoms with Gasteiger partial charge in [0.05, 0.1) is 0 Å². The highest BCUT2D eigenvalue weighted by Gasteiger charge is 1.91. The van der Waals surface area contributed by atoms with Crippen LogP contribution in [0.3, 0.4) is 0 Å². The van der Waals surface area contributed by atoms with Crippen molar-refractivity contribution in [3.63, 3.8) is 0 Å². The molecule has 0 aliphatic carbocycles. The van der Waals surface area contributed by atoms with Crippen LogP contribution in [0.4, 0.5) is 0 Å². The highest BCUT2D eigenvalue weighted by molar-refractivity contribution is 5.78. The Kier molecular flexibility index (Phi) is 10.0. The Morgan fingerprint density at radius 1 is 1.17 bits per heavy atom. The van der Waals surface area contributed by atoms with Crippen LogP contribution in [0.25, 0.3) is 0 Å². The van der Waals surface area contributed by atoms with Gasteiger partial charge in [-0.05, 0) is 52.2 Å². The van der Waals surface area contributed by atoms with E-state index in [1.165, 1.54) is 24.0 Å². The molecule has 0 unspecified atom stereocenters. The topological polar surface area (TPSA) is 24.4 Å². The van der Waals surface area contributed by atoms with Crippen LogP contribution in [-0.4, -0.2) is 12.8 Å². The van der Waals surface area contributed by atoms with E-state index >= 15 is 0 Å². The van der Waals surface area contributed by atoms with Crippen molar-refractivity contribution in [3.05, 3.63) is 35.2 Å². The standard InChI is InChI=1S/C16H28N2/c1-6-10-15(5)11-9-12-17-16(8-3)18-13-14(4)7-2/h7-8,11,13,17H,6,9-10,12H2,1-5H3/b14-7-,15-11-,16-8-,18-13-. The molecule has 102 valence electrons. The number of hydrogen-bond donors (Lipinski definition) is 1. The van der Waals surface area contributed by atoms with Crippen LogP contribution in [0, 0.1) is 0 Å². The SMILES string of the molecule is C\C=C(C)/C=N\C(=C/C)NCC/C=C(/C)CCC. The number of hydrogen-bond acceptors (Lipinski definition) is 2. The minimum atomic E-state index is 0.937. The molecule has 0 heterocycles. The van der Waals surface area contributed by atoms with Crippen molar-refractivity contribution in [2.24, 2.45) is 4.99 Å². The summed E-state index contributed by atoms with van der Waals surface area (Å²) in [6.07, 6.45) is 11.7. The number of nitrogens with one attached hydrogen (secondary N) is 1. The summed E-state index contributed by atoms with van der Waals surface area (Å²) in [6.45, 7) is 11.4. The van der Waals surface area contributed by atoms with Crippen molar-refractivity contribution < 1.29 is 0 Å². The second-order valence-electron chi connectivity index (χ2n) is 4.48. The van der Waals surface area contributed by atoms with Crippen molar-refractivity contribution in [1.29, 1.82) is 0 Å². The van der Waals surface area contributed by atoms with E-state index in [1.807, 2.05) is 39.1 Å². The van der Waals surface area contributed by atoms with E-state index in [0.29, 0.717) is 0 Å². The number of allylic oxidation sites excluding steroid dienone is 4. The van der Waals surface area contributed by atoms with Crippen molar-refractivity contribution in [1.82, 2.24) is 5.32 Å². The molecular weight excluding hydrogens is 220 g/mol. The number of nitrogens with zero attached hydrogens (tertiary/aromatic N) is 1. The zero-order valence-electron chi connectivity index (χ0n) is 12.6. The first-order valence-corrected chi connectivity index (χ1v) is 6.86. The molecule has 0 amide bonds. The summed E-state index contributed by atoms with van der Waals surface area (Å²) in [5.74, 6) is 0.942. The van der Waals surface area contributed by atoms with Crippen LogP contribution in [-0.2, 0) is 0 Å². The summed E-state index contributed by atoms with van der Waals surface area (Å²) in [5.41, 5.74) is 2.66. The van der Waals surface area contributed by atoms with Gasteiger partial charge >= 0.3 is 0 Å². The Hall–Kier alpha value is -1.31. The van der Waals surface area contributed by atoms with Gasteiger partial charge in [-0.15, -0.1) is 0 Å². The van der Waals surface area contributed by atoms with Gasteiger partial charge in [0.2, 0.25) is 0 Å². The first-order valence-electron chi connectivity index (χ1n) is 6.86. The van der Waals surface area contributed by atoms with E-state index in [9.17, 15) is 0 Å². The lowest BCUT2D eigenvalue weighted by Gasteiger charge is -2.05. The zero-order valence-corrected chi connectivity index (χ0v) is 12.6. The second-order valence-corrected chi connectivity index (χ2v) is 4.48. The van der Waals surface area contributed by atoms with E-state index in [2.05, 4.69) is 30.2 Å². The van der Waals surface area contributed by atoms with Crippen LogP contribution in [0.2, 0.25) is 0 Å². The molecule has 0 saturated heterocycles. The lowest BCUT2D eigenvalue weighted by molar-refractivity contribution is 0.783. The Balaban J connectivity index is 4.04. The first kappa shape index (κ1) is 16.7. The maximum Gasteiger partial charge on any atom is 0.121 e. The van der Waals surface area contributed by atoms with Gasteiger partial charge in [-0.1, -0.05) is 31.1 Å². The summed E-state index contributed by atoms with van der Waals surface area (Å²) in [6, 6.07) is 0. The van der Waals surface area contributed by atoms with Crippen LogP contribution in [0.5, 0.6) is 0 Å². The fraction of sp³-hybridized carbons (Fsp3) is 0.562. The minimum Gasteiger partial charge on any atom is -0.370 e. The van der Waals surface area contributed by atoms with Crippen LogP contribution >= 0.6 is 0 Å². The number of aliphatic imine (C=N–C) groups is 1. The monoisotopic (exact) mass is 248 g/mol. The summed E-state index contributed by atoms with van der Waals surface area (Å²) in [4.78, 5) is 4.40. The van der Waals surface area contributed by atoms with Gasteiger partial charge in [0.1, 0.15) is 5.82 Å². The van der Waals surface area contributed by atoms with Gasteiger partial charge in [0.25, 0.3) is 0 Å². The maximum absolute atomic E-state index is 4.40. The molecule has 2 nitrogen and oxygen atoms in total. The van der Waals surface area contributed by atoms with Gasteiger partial charge in [0, 0.05) is 12.8 Å². The van der Waals surface area contributed by atoms with Gasteiger partial charge in [-0.25, -0.2) is 4.99 Å². The zero-order chi connectivity index (χ0) is 13.8. The summed E-state index contributed by atoms with van der Waals surface area (Å²) >= 11 is 0. The van der Waals surface area contributed by atoms with Crippen LogP contribution < -0.4 is 5.32 Å². The molecule has 0 atom stereocenters. The van der Waals surface area contributed by atoms with E-state index in [4.69, 9.17) is 0 Å². The molecule has 1 N–H and O–H groups in total. The smallest absolute Gasteiger partial charge is 0.121 e. The van der Waals surface area contributed by atoms with Crippen LogP contribution in [0.15, 0.2) is 40.2 Å². The third-order valence-corrected chi connectivity index (χ3v) is 2.72. The lowest BCUT2D eigenvalue weighted by Crippen LogP contribution is -2.13. The highest BCUT2D eigenvalue weighted by atomic mass is 15.0. The first-order chi connectivity index (χ1) is 8.63. The van der Waals surface area contributed by atoms with Crippen LogP contribution in [0.1, 0.15) is 53.9 Å². The maximum atomic E-state index is 4.40. The van der Waals surface area contributed by atoms with Crippen molar-refractivity contribution in [3.8, 4) is 0 Å². The van der Waals surface area contributed by atoms with Gasteiger partial charge in [-0.3, -0.25) is 0 Å². The Bertz CT molecular complexity index is 333. The molecule has 0 rings (SSSR count). The van der Waals surface area contributed by atoms with Gasteiger partial charge in [-0.2, -0.15) is 0 Å². The molecular formula is C16H28N2. The molecule has 0 aromatic carbocycles. The number of rotatable bonds is 8. The van der Waals surface area contributed by atoms with Gasteiger partial charge < -0.3 is 5.32 Å². The predicted octanol–water partition coefficient (Wildman–Crippen LogP) is 4.61. The molecule has 18 heavy (non-hydrogen) atoms. The minimum absolute atomic E-state index is 0.937. The average Bonchev–Trinajstić information content (AvgIpc) is 2.37. The highest BCUT2D eigenvalue weighted by Crippen LogP contribution is 2.04. The average molecular weight is 248 g/mol. The molecule has 0 aromatic rings. The van der Waals surface area contributed by atoms with E-state index < -0.39 is 0 Å². The van der Waals surface area contributed by atoms with Crippen molar-refractivity contribution in [2.45, 2.75) is 53.9 Å². The van der Waals surface area contributed by atoms with E-state index in [0.717, 1.165) is 18.8 Å². The molecule has 0 aromatic heterocycles. The molecule has 0 bridgehead atoms. The Morgan fingerprint density at radius 3 is 2.44 bits per heavy atom. The molecule has 0 radical (unpaired) electrons. The van der Waals surface area contributed by atoms with E-state index in [1.54, 1.807) is 0 Å². The third kappa shape index (κ3) is 8.80. The fourth-order valence-corrected chi connectivity index (χ4v) is 1.48. The van der Waals surface area contributed by atoms with Crippen molar-refractivity contribution >= 4 is 6.21 Å².